The number of rotatable bonds is 15. The lowest BCUT2D eigenvalue weighted by atomic mass is 9.73. The van der Waals surface area contributed by atoms with Gasteiger partial charge in [-0.25, -0.2) is 4.89 Å². The highest BCUT2D eigenvalue weighted by Crippen LogP contribution is 2.37. The number of allylic oxidation sites excluding steroid dienone is 1. The summed E-state index contributed by atoms with van der Waals surface area (Å²) in [5.74, 6) is 0. The molecule has 3 atom stereocenters. The summed E-state index contributed by atoms with van der Waals surface area (Å²) in [4.78, 5) is 4.29. The van der Waals surface area contributed by atoms with Crippen LogP contribution >= 0.6 is 0 Å². The van der Waals surface area contributed by atoms with Gasteiger partial charge in [-0.2, -0.15) is 0 Å². The molecular weight excluding hydrogens is 396 g/mol. The zero-order chi connectivity index (χ0) is 23.5. The maximum absolute atomic E-state index is 10.7. The number of hydrogen-bond acceptors (Lipinski definition) is 3. The Morgan fingerprint density at radius 3 is 1.88 bits per heavy atom. The van der Waals surface area contributed by atoms with Gasteiger partial charge in [0.2, 0.25) is 0 Å². The molecule has 0 heterocycles. The molecule has 3 unspecified atom stereocenters. The van der Waals surface area contributed by atoms with Crippen molar-refractivity contribution in [3.8, 4) is 0 Å². The van der Waals surface area contributed by atoms with E-state index in [4.69, 9.17) is 5.26 Å². The van der Waals surface area contributed by atoms with E-state index in [-0.39, 0.29) is 16.9 Å². The highest BCUT2D eigenvalue weighted by Gasteiger charge is 2.28. The molecule has 0 bridgehead atoms. The molecule has 0 fully saturated rings. The highest BCUT2D eigenvalue weighted by atomic mass is 17.1. The fourth-order valence-electron chi connectivity index (χ4n) is 4.75. The number of hydrogen-bond donors (Lipinski definition) is 2. The third-order valence-corrected chi connectivity index (χ3v) is 7.27. The van der Waals surface area contributed by atoms with Crippen molar-refractivity contribution in [3.05, 3.63) is 83.9 Å². The second-order valence-electron chi connectivity index (χ2n) is 9.78. The van der Waals surface area contributed by atoms with Gasteiger partial charge in [0.05, 0.1) is 12.7 Å². The lowest BCUT2D eigenvalue weighted by molar-refractivity contribution is -0.243. The van der Waals surface area contributed by atoms with E-state index in [0.717, 1.165) is 51.4 Å². The summed E-state index contributed by atoms with van der Waals surface area (Å²) in [5, 5.41) is 19.4. The van der Waals surface area contributed by atoms with Crippen LogP contribution in [-0.2, 0) is 15.7 Å². The monoisotopic (exact) mass is 438 g/mol. The van der Waals surface area contributed by atoms with Crippen LogP contribution in [-0.4, -0.2) is 23.1 Å². The molecule has 0 amide bonds. The molecule has 2 aromatic carbocycles. The van der Waals surface area contributed by atoms with Gasteiger partial charge in [0, 0.05) is 5.41 Å². The summed E-state index contributed by atoms with van der Waals surface area (Å²) in [7, 11) is 0. The van der Waals surface area contributed by atoms with Crippen LogP contribution in [0.5, 0.6) is 0 Å². The van der Waals surface area contributed by atoms with E-state index in [9.17, 15) is 5.11 Å². The summed E-state index contributed by atoms with van der Waals surface area (Å²) in [6.07, 6.45) is 7.06. The van der Waals surface area contributed by atoms with Crippen molar-refractivity contribution in [1.29, 1.82) is 0 Å². The molecule has 2 rings (SSSR count). The highest BCUT2D eigenvalue weighted by molar-refractivity contribution is 5.33. The Labute approximate surface area is 195 Å². The maximum Gasteiger partial charge on any atom is 0.0820 e. The van der Waals surface area contributed by atoms with Crippen molar-refractivity contribution in [2.75, 3.05) is 6.61 Å². The first kappa shape index (κ1) is 26.3. The van der Waals surface area contributed by atoms with Gasteiger partial charge in [-0.3, -0.25) is 5.26 Å². The SMILES string of the molecule is C=C(C)C(C)(CCCC(O)CCCC(C)(CCCOO)c1ccccc1)c1ccccc1. The van der Waals surface area contributed by atoms with Crippen molar-refractivity contribution in [1.82, 2.24) is 0 Å². The predicted molar refractivity (Wildman–Crippen MR) is 134 cm³/mol. The number of aliphatic hydroxyl groups is 1. The van der Waals surface area contributed by atoms with Gasteiger partial charge < -0.3 is 5.11 Å². The Morgan fingerprint density at radius 1 is 0.844 bits per heavy atom. The van der Waals surface area contributed by atoms with Crippen LogP contribution in [0, 0.1) is 0 Å². The quantitative estimate of drug-likeness (QED) is 0.131. The van der Waals surface area contributed by atoms with Crippen LogP contribution in [0.25, 0.3) is 0 Å². The van der Waals surface area contributed by atoms with Crippen LogP contribution in [0.3, 0.4) is 0 Å². The van der Waals surface area contributed by atoms with E-state index in [0.29, 0.717) is 6.61 Å². The Morgan fingerprint density at radius 2 is 1.34 bits per heavy atom. The van der Waals surface area contributed by atoms with Gasteiger partial charge in [0.1, 0.15) is 0 Å². The lowest BCUT2D eigenvalue weighted by Crippen LogP contribution is -2.24. The fraction of sp³-hybridized carbons (Fsp3) is 0.517. The van der Waals surface area contributed by atoms with Gasteiger partial charge in [0.15, 0.2) is 0 Å². The van der Waals surface area contributed by atoms with Gasteiger partial charge in [-0.15, -0.1) is 0 Å². The van der Waals surface area contributed by atoms with E-state index in [2.05, 4.69) is 80.8 Å². The largest absolute Gasteiger partial charge is 0.393 e. The second-order valence-corrected chi connectivity index (χ2v) is 9.78. The first-order chi connectivity index (χ1) is 15.3. The van der Waals surface area contributed by atoms with Crippen LogP contribution in [0.15, 0.2) is 72.8 Å². The average Bonchev–Trinajstić information content (AvgIpc) is 2.80. The molecule has 0 aliphatic rings. The summed E-state index contributed by atoms with van der Waals surface area (Å²) in [6.45, 7) is 11.3. The standard InChI is InChI=1S/C29H42O3/c1-24(2)29(4,26-16-9-6-10-17-26)22-12-19-27(30)18-11-20-28(3,21-13-23-32-31)25-14-7-5-8-15-25/h5-10,14-17,27,30-31H,1,11-13,18-23H2,2-4H3. The maximum atomic E-state index is 10.7. The third-order valence-electron chi connectivity index (χ3n) is 7.27. The topological polar surface area (TPSA) is 49.7 Å². The molecule has 0 radical (unpaired) electrons. The molecule has 32 heavy (non-hydrogen) atoms. The van der Waals surface area contributed by atoms with Crippen LogP contribution < -0.4 is 0 Å². The first-order valence-corrected chi connectivity index (χ1v) is 12.0. The second kappa shape index (κ2) is 12.9. The number of aliphatic hydroxyl groups excluding tert-OH is 1. The Balaban J connectivity index is 1.85. The van der Waals surface area contributed by atoms with Crippen molar-refractivity contribution in [2.45, 2.75) is 89.1 Å². The molecule has 176 valence electrons. The normalized spacial score (nSPS) is 16.2. The predicted octanol–water partition coefficient (Wildman–Crippen LogP) is 7.45. The molecule has 0 aliphatic heterocycles. The summed E-state index contributed by atoms with van der Waals surface area (Å²) in [5.41, 5.74) is 3.75. The minimum Gasteiger partial charge on any atom is -0.393 e. The summed E-state index contributed by atoms with van der Waals surface area (Å²) >= 11 is 0. The Kier molecular flexibility index (Phi) is 10.6. The van der Waals surface area contributed by atoms with E-state index in [1.165, 1.54) is 16.7 Å². The molecule has 0 aromatic heterocycles. The average molecular weight is 439 g/mol. The Bertz CT molecular complexity index is 789. The zero-order valence-corrected chi connectivity index (χ0v) is 20.2. The molecule has 2 N–H and O–H groups in total. The van der Waals surface area contributed by atoms with Crippen molar-refractivity contribution in [3.63, 3.8) is 0 Å². The van der Waals surface area contributed by atoms with Crippen molar-refractivity contribution in [2.24, 2.45) is 0 Å². The van der Waals surface area contributed by atoms with E-state index in [1.807, 2.05) is 12.1 Å². The minimum atomic E-state index is -0.277. The van der Waals surface area contributed by atoms with Gasteiger partial charge in [0.25, 0.3) is 0 Å². The smallest absolute Gasteiger partial charge is 0.0820 e. The van der Waals surface area contributed by atoms with Crippen LogP contribution in [0.1, 0.15) is 83.3 Å². The van der Waals surface area contributed by atoms with Crippen molar-refractivity contribution < 1.29 is 15.3 Å². The zero-order valence-electron chi connectivity index (χ0n) is 20.2. The fourth-order valence-corrected chi connectivity index (χ4v) is 4.75. The van der Waals surface area contributed by atoms with E-state index >= 15 is 0 Å². The van der Waals surface area contributed by atoms with Gasteiger partial charge in [-0.1, -0.05) is 93.1 Å². The molecular formula is C29H42O3. The molecule has 3 nitrogen and oxygen atoms in total. The van der Waals surface area contributed by atoms with Crippen molar-refractivity contribution >= 4 is 0 Å². The minimum absolute atomic E-state index is 0.0192. The molecule has 0 saturated heterocycles. The first-order valence-electron chi connectivity index (χ1n) is 12.0. The lowest BCUT2D eigenvalue weighted by Gasteiger charge is -2.32. The van der Waals surface area contributed by atoms with Crippen LogP contribution in [0.4, 0.5) is 0 Å². The summed E-state index contributed by atoms with van der Waals surface area (Å²) in [6, 6.07) is 21.1. The molecule has 0 aliphatic carbocycles. The summed E-state index contributed by atoms with van der Waals surface area (Å²) < 4.78 is 0. The van der Waals surface area contributed by atoms with E-state index < -0.39 is 0 Å². The van der Waals surface area contributed by atoms with Crippen LogP contribution in [0.2, 0.25) is 0 Å². The van der Waals surface area contributed by atoms with Gasteiger partial charge >= 0.3 is 0 Å². The third kappa shape index (κ3) is 7.58. The molecule has 3 heteroatoms. The van der Waals surface area contributed by atoms with E-state index in [1.54, 1.807) is 0 Å². The van der Waals surface area contributed by atoms with Gasteiger partial charge in [-0.05, 0) is 68.4 Å². The molecule has 0 spiro atoms. The Hall–Kier alpha value is -1.94. The molecule has 2 aromatic rings. The number of benzene rings is 2. The molecule has 0 saturated carbocycles.